The molecule has 0 saturated heterocycles. The van der Waals surface area contributed by atoms with Gasteiger partial charge < -0.3 is 0 Å². The van der Waals surface area contributed by atoms with E-state index >= 15 is 0 Å². The van der Waals surface area contributed by atoms with Crippen LogP contribution in [0.25, 0.3) is 0 Å². The summed E-state index contributed by atoms with van der Waals surface area (Å²) in [5.74, 6) is -2.04. The average molecular weight is 312 g/mol. The normalized spacial score (nSPS) is 15.2. The van der Waals surface area contributed by atoms with E-state index in [-0.39, 0.29) is 23.0 Å². The Morgan fingerprint density at radius 2 is 1.50 bits per heavy atom. The topological polar surface area (TPSA) is 17.1 Å². The molecule has 0 bridgehead atoms. The predicted molar refractivity (Wildman–Crippen MR) is 80.0 cm³/mol. The van der Waals surface area contributed by atoms with Gasteiger partial charge in [-0.3, -0.25) is 4.79 Å². The minimum absolute atomic E-state index is 0.00372. The van der Waals surface area contributed by atoms with E-state index < -0.39 is 17.9 Å². The van der Waals surface area contributed by atoms with Crippen LogP contribution in [0.4, 0.5) is 13.2 Å². The minimum Gasteiger partial charge on any atom is -0.299 e. The van der Waals surface area contributed by atoms with Crippen molar-refractivity contribution >= 4 is 17.5 Å². The lowest BCUT2D eigenvalue weighted by Crippen LogP contribution is -2.33. The Hall–Kier alpha value is -0.190. The van der Waals surface area contributed by atoms with E-state index in [2.05, 4.69) is 0 Å². The standard InChI is InChI=1S/C15H27F3OS/c1-13(2,3)8-7-12(19)11(15(16,17)18)9-20-10-14(4,5)6/h11H,7-10H2,1-6H3. The zero-order chi connectivity index (χ0) is 16.2. The van der Waals surface area contributed by atoms with Crippen molar-refractivity contribution in [2.45, 2.75) is 60.6 Å². The van der Waals surface area contributed by atoms with Crippen LogP contribution in [0.5, 0.6) is 0 Å². The van der Waals surface area contributed by atoms with Gasteiger partial charge in [0.25, 0.3) is 0 Å². The van der Waals surface area contributed by atoms with Gasteiger partial charge >= 0.3 is 6.18 Å². The number of ketones is 1. The second kappa shape index (κ2) is 7.19. The molecular formula is C15H27F3OS. The van der Waals surface area contributed by atoms with Crippen molar-refractivity contribution in [2.24, 2.45) is 16.7 Å². The molecule has 0 fully saturated rings. The molecule has 0 aromatic heterocycles. The zero-order valence-electron chi connectivity index (χ0n) is 13.4. The number of carbonyl (C=O) groups is 1. The maximum Gasteiger partial charge on any atom is 0.399 e. The maximum atomic E-state index is 13.0. The number of Topliss-reactive ketones (excluding diaryl/α,β-unsaturated/α-hetero) is 1. The summed E-state index contributed by atoms with van der Waals surface area (Å²) in [5.41, 5.74) is -0.153. The van der Waals surface area contributed by atoms with Crippen molar-refractivity contribution < 1.29 is 18.0 Å². The second-order valence-corrected chi connectivity index (χ2v) is 8.73. The SMILES string of the molecule is CC(C)(C)CCC(=O)C(CSCC(C)(C)C)C(F)(F)F. The molecule has 1 atom stereocenters. The van der Waals surface area contributed by atoms with Crippen molar-refractivity contribution in [1.29, 1.82) is 0 Å². The van der Waals surface area contributed by atoms with Gasteiger partial charge in [-0.15, -0.1) is 0 Å². The van der Waals surface area contributed by atoms with E-state index in [9.17, 15) is 18.0 Å². The summed E-state index contributed by atoms with van der Waals surface area (Å²) >= 11 is 1.22. The number of hydrogen-bond donors (Lipinski definition) is 0. The summed E-state index contributed by atoms with van der Waals surface area (Å²) in [6, 6.07) is 0. The third-order valence-electron chi connectivity index (χ3n) is 2.72. The van der Waals surface area contributed by atoms with Gasteiger partial charge in [-0.25, -0.2) is 0 Å². The van der Waals surface area contributed by atoms with Crippen molar-refractivity contribution in [3.05, 3.63) is 0 Å². The van der Waals surface area contributed by atoms with Gasteiger partial charge in [-0.2, -0.15) is 24.9 Å². The summed E-state index contributed by atoms with van der Waals surface area (Å²) in [4.78, 5) is 11.9. The smallest absolute Gasteiger partial charge is 0.299 e. The first kappa shape index (κ1) is 19.8. The van der Waals surface area contributed by atoms with Crippen LogP contribution in [0.2, 0.25) is 0 Å². The van der Waals surface area contributed by atoms with Crippen LogP contribution in [0.15, 0.2) is 0 Å². The number of thioether (sulfide) groups is 1. The van der Waals surface area contributed by atoms with Gasteiger partial charge in [0.2, 0.25) is 0 Å². The molecule has 0 aliphatic heterocycles. The lowest BCUT2D eigenvalue weighted by Gasteiger charge is -2.23. The van der Waals surface area contributed by atoms with Crippen LogP contribution in [-0.2, 0) is 4.79 Å². The Labute approximate surface area is 125 Å². The van der Waals surface area contributed by atoms with E-state index in [1.54, 1.807) is 0 Å². The van der Waals surface area contributed by atoms with Crippen LogP contribution >= 0.6 is 11.8 Å². The summed E-state index contributed by atoms with van der Waals surface area (Å²) in [6.07, 6.45) is -3.94. The second-order valence-electron chi connectivity index (χ2n) is 7.70. The molecule has 0 amide bonds. The van der Waals surface area contributed by atoms with Gasteiger partial charge in [-0.1, -0.05) is 41.5 Å². The van der Waals surface area contributed by atoms with Crippen LogP contribution in [0, 0.1) is 16.7 Å². The van der Waals surface area contributed by atoms with Gasteiger partial charge in [0.1, 0.15) is 11.7 Å². The summed E-state index contributed by atoms with van der Waals surface area (Å²) < 4.78 is 38.9. The van der Waals surface area contributed by atoms with E-state index in [0.717, 1.165) is 0 Å². The van der Waals surface area contributed by atoms with Crippen molar-refractivity contribution in [2.75, 3.05) is 11.5 Å². The highest BCUT2D eigenvalue weighted by Crippen LogP contribution is 2.34. The molecular weight excluding hydrogens is 285 g/mol. The lowest BCUT2D eigenvalue weighted by molar-refractivity contribution is -0.176. The maximum absolute atomic E-state index is 13.0. The molecule has 120 valence electrons. The fourth-order valence-corrected chi connectivity index (χ4v) is 2.87. The lowest BCUT2D eigenvalue weighted by atomic mass is 9.87. The first-order valence-electron chi connectivity index (χ1n) is 6.89. The monoisotopic (exact) mass is 312 g/mol. The van der Waals surface area contributed by atoms with Gasteiger partial charge in [0.15, 0.2) is 0 Å². The molecule has 0 aromatic carbocycles. The van der Waals surface area contributed by atoms with E-state index in [0.29, 0.717) is 12.2 Å². The highest BCUT2D eigenvalue weighted by molar-refractivity contribution is 7.99. The molecule has 0 radical (unpaired) electrons. The van der Waals surface area contributed by atoms with Crippen LogP contribution in [0.3, 0.4) is 0 Å². The predicted octanol–water partition coefficient (Wildman–Crippen LogP) is 5.34. The first-order chi connectivity index (χ1) is 8.72. The third kappa shape index (κ3) is 9.67. The number of rotatable bonds is 6. The van der Waals surface area contributed by atoms with Crippen molar-refractivity contribution in [3.8, 4) is 0 Å². The molecule has 0 aromatic rings. The van der Waals surface area contributed by atoms with Gasteiger partial charge in [0, 0.05) is 12.2 Å². The first-order valence-corrected chi connectivity index (χ1v) is 8.05. The number of halogens is 3. The van der Waals surface area contributed by atoms with Gasteiger partial charge in [-0.05, 0) is 23.0 Å². The fraction of sp³-hybridized carbons (Fsp3) is 0.933. The van der Waals surface area contributed by atoms with E-state index in [1.807, 2.05) is 41.5 Å². The average Bonchev–Trinajstić information content (AvgIpc) is 2.16. The molecule has 0 aliphatic rings. The van der Waals surface area contributed by atoms with Crippen LogP contribution in [0.1, 0.15) is 54.4 Å². The molecule has 5 heteroatoms. The highest BCUT2D eigenvalue weighted by atomic mass is 32.2. The Bertz CT molecular complexity index is 311. The molecule has 20 heavy (non-hydrogen) atoms. The van der Waals surface area contributed by atoms with Crippen LogP contribution < -0.4 is 0 Å². The molecule has 0 saturated carbocycles. The summed E-state index contributed by atoms with van der Waals surface area (Å²) in [5, 5.41) is 0. The number of hydrogen-bond acceptors (Lipinski definition) is 2. The van der Waals surface area contributed by atoms with Crippen molar-refractivity contribution in [1.82, 2.24) is 0 Å². The quantitative estimate of drug-likeness (QED) is 0.658. The highest BCUT2D eigenvalue weighted by Gasteiger charge is 2.44. The molecule has 0 spiro atoms. The zero-order valence-corrected chi connectivity index (χ0v) is 14.2. The van der Waals surface area contributed by atoms with E-state index in [4.69, 9.17) is 0 Å². The Morgan fingerprint density at radius 3 is 1.85 bits per heavy atom. The Balaban J connectivity index is 4.54. The number of carbonyl (C=O) groups excluding carboxylic acids is 1. The third-order valence-corrected chi connectivity index (χ3v) is 4.36. The van der Waals surface area contributed by atoms with Crippen molar-refractivity contribution in [3.63, 3.8) is 0 Å². The molecule has 0 aliphatic carbocycles. The number of alkyl halides is 3. The minimum atomic E-state index is -4.43. The molecule has 0 rings (SSSR count). The van der Waals surface area contributed by atoms with Gasteiger partial charge in [0.05, 0.1) is 0 Å². The fourth-order valence-electron chi connectivity index (χ4n) is 1.53. The van der Waals surface area contributed by atoms with E-state index in [1.165, 1.54) is 11.8 Å². The molecule has 0 heterocycles. The summed E-state index contributed by atoms with van der Waals surface area (Å²) in [6.45, 7) is 11.7. The summed E-state index contributed by atoms with van der Waals surface area (Å²) in [7, 11) is 0. The molecule has 1 nitrogen and oxygen atoms in total. The molecule has 0 N–H and O–H groups in total. The van der Waals surface area contributed by atoms with Crippen LogP contribution in [-0.4, -0.2) is 23.5 Å². The Morgan fingerprint density at radius 1 is 1.00 bits per heavy atom. The largest absolute Gasteiger partial charge is 0.399 e. The molecule has 1 unspecified atom stereocenters. The Kier molecular flexibility index (Phi) is 7.12.